The number of hydrogen-bond donors (Lipinski definition) is 1. The number of methoxy groups -OCH3 is 1. The van der Waals surface area contributed by atoms with Gasteiger partial charge in [0, 0.05) is 17.5 Å². The van der Waals surface area contributed by atoms with Crippen molar-refractivity contribution in [2.75, 3.05) is 32.1 Å². The third kappa shape index (κ3) is 4.56. The molecule has 1 aliphatic heterocycles. The zero-order chi connectivity index (χ0) is 19.5. The number of hydrogen-bond acceptors (Lipinski definition) is 7. The Morgan fingerprint density at radius 2 is 1.68 bits per heavy atom. The minimum absolute atomic E-state index is 0.0452. The second-order valence-corrected chi connectivity index (χ2v) is 8.46. The Bertz CT molecular complexity index is 839. The van der Waals surface area contributed by atoms with Crippen LogP contribution in [0.15, 0.2) is 24.3 Å². The van der Waals surface area contributed by atoms with E-state index in [1.807, 2.05) is 0 Å². The predicted molar refractivity (Wildman–Crippen MR) is 107 cm³/mol. The summed E-state index contributed by atoms with van der Waals surface area (Å²) in [6, 6.07) is 6.71. The average Bonchev–Trinajstić information content (AvgIpc) is 3.45. The number of rotatable bonds is 6. The molecular formula is C20H24N4O3S. The number of piperidine rings is 1. The van der Waals surface area contributed by atoms with Gasteiger partial charge < -0.3 is 10.1 Å². The smallest absolute Gasteiger partial charge is 0.337 e. The van der Waals surface area contributed by atoms with Crippen LogP contribution in [0.25, 0.3) is 0 Å². The molecule has 2 aromatic rings. The molecule has 0 atom stereocenters. The Balaban J connectivity index is 1.23. The number of aromatic nitrogens is 2. The van der Waals surface area contributed by atoms with Crippen molar-refractivity contribution in [1.82, 2.24) is 15.1 Å². The monoisotopic (exact) mass is 400 g/mol. The van der Waals surface area contributed by atoms with Gasteiger partial charge in [0.2, 0.25) is 5.91 Å². The fraction of sp³-hybridized carbons (Fsp3) is 0.500. The number of ether oxygens (including phenoxy) is 1. The summed E-state index contributed by atoms with van der Waals surface area (Å²) in [5, 5.41) is 14.0. The molecule has 1 aliphatic carbocycles. The van der Waals surface area contributed by atoms with Gasteiger partial charge in [0.15, 0.2) is 0 Å². The van der Waals surface area contributed by atoms with Gasteiger partial charge >= 0.3 is 5.97 Å². The van der Waals surface area contributed by atoms with Crippen molar-refractivity contribution in [3.8, 4) is 0 Å². The van der Waals surface area contributed by atoms with Gasteiger partial charge in [0.1, 0.15) is 10.0 Å². The Kier molecular flexibility index (Phi) is 5.68. The molecule has 1 N–H and O–H groups in total. The molecule has 1 aromatic carbocycles. The maximum Gasteiger partial charge on any atom is 0.337 e. The van der Waals surface area contributed by atoms with E-state index in [1.165, 1.54) is 25.0 Å². The van der Waals surface area contributed by atoms with Gasteiger partial charge in [0.05, 0.1) is 19.2 Å². The molecule has 0 bridgehead atoms. The van der Waals surface area contributed by atoms with Gasteiger partial charge in [-0.25, -0.2) is 4.79 Å². The van der Waals surface area contributed by atoms with Crippen molar-refractivity contribution in [2.24, 2.45) is 0 Å². The highest BCUT2D eigenvalue weighted by molar-refractivity contribution is 7.11. The summed E-state index contributed by atoms with van der Waals surface area (Å²) in [4.78, 5) is 26.0. The van der Waals surface area contributed by atoms with Gasteiger partial charge in [-0.15, -0.1) is 21.5 Å². The van der Waals surface area contributed by atoms with Crippen LogP contribution in [0.4, 0.5) is 5.69 Å². The first-order valence-corrected chi connectivity index (χ1v) is 10.5. The maximum absolute atomic E-state index is 12.3. The first kappa shape index (κ1) is 19.0. The third-order valence-corrected chi connectivity index (χ3v) is 6.52. The highest BCUT2D eigenvalue weighted by Gasteiger charge is 2.30. The zero-order valence-electron chi connectivity index (χ0n) is 15.9. The van der Waals surface area contributed by atoms with E-state index in [1.54, 1.807) is 35.6 Å². The lowest BCUT2D eigenvalue weighted by Crippen LogP contribution is -2.38. The highest BCUT2D eigenvalue weighted by Crippen LogP contribution is 2.43. The molecule has 1 amide bonds. The normalized spacial score (nSPS) is 18.0. The first-order valence-electron chi connectivity index (χ1n) is 9.66. The van der Waals surface area contributed by atoms with Crippen LogP contribution in [0.2, 0.25) is 0 Å². The summed E-state index contributed by atoms with van der Waals surface area (Å²) in [6.07, 6.45) is 4.54. The largest absolute Gasteiger partial charge is 0.465 e. The number of carbonyl (C=O) groups is 2. The van der Waals surface area contributed by atoms with Crippen LogP contribution in [-0.4, -0.2) is 53.7 Å². The van der Waals surface area contributed by atoms with E-state index < -0.39 is 0 Å². The van der Waals surface area contributed by atoms with Crippen LogP contribution in [0.5, 0.6) is 0 Å². The van der Waals surface area contributed by atoms with Crippen LogP contribution in [0.3, 0.4) is 0 Å². The molecule has 4 rings (SSSR count). The summed E-state index contributed by atoms with van der Waals surface area (Å²) >= 11 is 1.78. The lowest BCUT2D eigenvalue weighted by molar-refractivity contribution is -0.117. The van der Waals surface area contributed by atoms with Crippen LogP contribution in [0.1, 0.15) is 57.9 Å². The molecule has 148 valence electrons. The van der Waals surface area contributed by atoms with Gasteiger partial charge in [-0.05, 0) is 63.0 Å². The lowest BCUT2D eigenvalue weighted by Gasteiger charge is -2.30. The van der Waals surface area contributed by atoms with Crippen molar-refractivity contribution >= 4 is 28.9 Å². The summed E-state index contributed by atoms with van der Waals surface area (Å²) in [5.41, 5.74) is 1.14. The van der Waals surface area contributed by atoms with Crippen molar-refractivity contribution in [3.63, 3.8) is 0 Å². The minimum Gasteiger partial charge on any atom is -0.465 e. The van der Waals surface area contributed by atoms with Crippen LogP contribution in [-0.2, 0) is 9.53 Å². The number of likely N-dealkylation sites (tertiary alicyclic amines) is 1. The second-order valence-electron chi connectivity index (χ2n) is 7.42. The molecule has 1 saturated heterocycles. The van der Waals surface area contributed by atoms with Gasteiger partial charge in [-0.2, -0.15) is 0 Å². The van der Waals surface area contributed by atoms with Crippen molar-refractivity contribution < 1.29 is 14.3 Å². The number of esters is 1. The molecule has 1 saturated carbocycles. The van der Waals surface area contributed by atoms with Crippen LogP contribution >= 0.6 is 11.3 Å². The predicted octanol–water partition coefficient (Wildman–Crippen LogP) is 3.02. The Morgan fingerprint density at radius 3 is 2.25 bits per heavy atom. The number of anilines is 1. The van der Waals surface area contributed by atoms with Crippen LogP contribution in [0, 0.1) is 0 Å². The molecule has 2 aliphatic rings. The van der Waals surface area contributed by atoms with E-state index in [2.05, 4.69) is 25.2 Å². The maximum atomic E-state index is 12.3. The summed E-state index contributed by atoms with van der Waals surface area (Å²) < 4.78 is 4.67. The highest BCUT2D eigenvalue weighted by atomic mass is 32.1. The van der Waals surface area contributed by atoms with E-state index in [0.29, 0.717) is 29.6 Å². The lowest BCUT2D eigenvalue weighted by atomic mass is 9.98. The summed E-state index contributed by atoms with van der Waals surface area (Å²) in [5.74, 6) is 0.698. The molecule has 8 heteroatoms. The first-order chi connectivity index (χ1) is 13.6. The fourth-order valence-electron chi connectivity index (χ4n) is 3.46. The van der Waals surface area contributed by atoms with E-state index in [9.17, 15) is 9.59 Å². The molecular weight excluding hydrogens is 376 g/mol. The van der Waals surface area contributed by atoms with E-state index in [0.717, 1.165) is 30.9 Å². The number of benzene rings is 1. The standard InChI is InChI=1S/C20H24N4O3S/c1-27-20(26)15-4-6-16(7-5-15)21-17(25)12-24-10-8-14(9-11-24)19-23-22-18(28-19)13-2-3-13/h4-7,13-14H,2-3,8-12H2,1H3,(H,21,25). The molecule has 2 heterocycles. The fourth-order valence-corrected chi connectivity index (χ4v) is 4.64. The van der Waals surface area contributed by atoms with Crippen molar-refractivity contribution in [3.05, 3.63) is 39.8 Å². The van der Waals surface area contributed by atoms with Gasteiger partial charge in [-0.3, -0.25) is 9.69 Å². The molecule has 0 unspecified atom stereocenters. The quantitative estimate of drug-likeness (QED) is 0.751. The summed E-state index contributed by atoms with van der Waals surface area (Å²) in [7, 11) is 1.35. The molecule has 7 nitrogen and oxygen atoms in total. The summed E-state index contributed by atoms with van der Waals surface area (Å²) in [6.45, 7) is 2.14. The van der Waals surface area contributed by atoms with E-state index >= 15 is 0 Å². The SMILES string of the molecule is COC(=O)c1ccc(NC(=O)CN2CCC(c3nnc(C4CC4)s3)CC2)cc1. The average molecular weight is 401 g/mol. The molecule has 0 radical (unpaired) electrons. The van der Waals surface area contributed by atoms with Gasteiger partial charge in [-0.1, -0.05) is 0 Å². The molecule has 2 fully saturated rings. The van der Waals surface area contributed by atoms with Crippen LogP contribution < -0.4 is 5.32 Å². The molecule has 28 heavy (non-hydrogen) atoms. The van der Waals surface area contributed by atoms with Gasteiger partial charge in [0.25, 0.3) is 0 Å². The number of nitrogens with zero attached hydrogens (tertiary/aromatic N) is 3. The number of carbonyl (C=O) groups excluding carboxylic acids is 2. The third-order valence-electron chi connectivity index (χ3n) is 5.28. The number of amides is 1. The van der Waals surface area contributed by atoms with E-state index in [-0.39, 0.29) is 11.9 Å². The number of nitrogens with one attached hydrogen (secondary N) is 1. The molecule has 1 aromatic heterocycles. The van der Waals surface area contributed by atoms with Crippen molar-refractivity contribution in [1.29, 1.82) is 0 Å². The minimum atomic E-state index is -0.388. The Labute approximate surface area is 168 Å². The molecule has 0 spiro atoms. The van der Waals surface area contributed by atoms with E-state index in [4.69, 9.17) is 0 Å². The topological polar surface area (TPSA) is 84.4 Å². The zero-order valence-corrected chi connectivity index (χ0v) is 16.7. The second kappa shape index (κ2) is 8.36. The Morgan fingerprint density at radius 1 is 1.07 bits per heavy atom. The Hall–Kier alpha value is -2.32. The van der Waals surface area contributed by atoms with Crippen molar-refractivity contribution in [2.45, 2.75) is 37.5 Å².